The van der Waals surface area contributed by atoms with Crippen LogP contribution in [0.25, 0.3) is 33.3 Å². The van der Waals surface area contributed by atoms with E-state index in [0.717, 1.165) is 22.0 Å². The van der Waals surface area contributed by atoms with Crippen LogP contribution in [0, 0.1) is 0 Å². The van der Waals surface area contributed by atoms with Crippen LogP contribution in [-0.4, -0.2) is 20.7 Å². The number of para-hydroxylation sites is 2. The van der Waals surface area contributed by atoms with E-state index in [1.807, 2.05) is 54.6 Å². The molecule has 0 radical (unpaired) electrons. The fourth-order valence-corrected chi connectivity index (χ4v) is 3.10. The topological polar surface area (TPSA) is 73.0 Å². The monoisotopic (exact) mass is 354 g/mol. The van der Waals surface area contributed by atoms with Crippen molar-refractivity contribution in [2.45, 2.75) is 0 Å². The SMILES string of the molecule is O=C(Nn1cnc2ccccc21)c1ccc2noc(-c3ccccc3)c2c1. The van der Waals surface area contributed by atoms with Gasteiger partial charge in [-0.05, 0) is 30.3 Å². The molecule has 0 aliphatic rings. The van der Waals surface area contributed by atoms with Crippen LogP contribution in [0.2, 0.25) is 0 Å². The second-order valence-corrected chi connectivity index (χ2v) is 6.15. The predicted octanol–water partition coefficient (Wildman–Crippen LogP) is 4.23. The Hall–Kier alpha value is -3.93. The van der Waals surface area contributed by atoms with E-state index >= 15 is 0 Å². The highest BCUT2D eigenvalue weighted by atomic mass is 16.5. The Morgan fingerprint density at radius 1 is 0.926 bits per heavy atom. The van der Waals surface area contributed by atoms with Crippen molar-refractivity contribution in [2.24, 2.45) is 0 Å². The van der Waals surface area contributed by atoms with Gasteiger partial charge in [-0.2, -0.15) is 0 Å². The molecule has 2 aromatic heterocycles. The first-order chi connectivity index (χ1) is 13.3. The number of nitrogens with zero attached hydrogens (tertiary/aromatic N) is 3. The van der Waals surface area contributed by atoms with Crippen LogP contribution in [0.1, 0.15) is 10.4 Å². The molecule has 5 aromatic rings. The van der Waals surface area contributed by atoms with Gasteiger partial charge >= 0.3 is 0 Å². The molecule has 0 saturated carbocycles. The number of carbonyl (C=O) groups excluding carboxylic acids is 1. The van der Waals surface area contributed by atoms with Crippen molar-refractivity contribution in [3.8, 4) is 11.3 Å². The minimum atomic E-state index is -0.236. The summed E-state index contributed by atoms with van der Waals surface area (Å²) in [7, 11) is 0. The summed E-state index contributed by atoms with van der Waals surface area (Å²) in [4.78, 5) is 17.0. The average molecular weight is 354 g/mol. The highest BCUT2D eigenvalue weighted by molar-refractivity contribution is 6.04. The van der Waals surface area contributed by atoms with Gasteiger partial charge in [0.2, 0.25) is 0 Å². The number of hydrogen-bond acceptors (Lipinski definition) is 4. The number of nitrogens with one attached hydrogen (secondary N) is 1. The lowest BCUT2D eigenvalue weighted by Gasteiger charge is -2.07. The lowest BCUT2D eigenvalue weighted by molar-refractivity contribution is 0.101. The minimum Gasteiger partial charge on any atom is -0.355 e. The highest BCUT2D eigenvalue weighted by Crippen LogP contribution is 2.29. The summed E-state index contributed by atoms with van der Waals surface area (Å²) in [5.41, 5.74) is 6.65. The fraction of sp³-hybridized carbons (Fsp3) is 0. The third-order valence-electron chi connectivity index (χ3n) is 4.45. The summed E-state index contributed by atoms with van der Waals surface area (Å²) >= 11 is 0. The molecular weight excluding hydrogens is 340 g/mol. The first-order valence-electron chi connectivity index (χ1n) is 8.48. The number of aromatic nitrogens is 3. The van der Waals surface area contributed by atoms with Crippen LogP contribution >= 0.6 is 0 Å². The zero-order valence-corrected chi connectivity index (χ0v) is 14.2. The second-order valence-electron chi connectivity index (χ2n) is 6.15. The Labute approximate surface area is 154 Å². The van der Waals surface area contributed by atoms with Gasteiger partial charge in [0, 0.05) is 11.1 Å². The number of imidazole rings is 1. The first kappa shape index (κ1) is 15.3. The van der Waals surface area contributed by atoms with E-state index in [9.17, 15) is 4.79 Å². The predicted molar refractivity (Wildman–Crippen MR) is 103 cm³/mol. The number of amides is 1. The smallest absolute Gasteiger partial charge is 0.270 e. The van der Waals surface area contributed by atoms with E-state index in [4.69, 9.17) is 4.52 Å². The lowest BCUT2D eigenvalue weighted by Crippen LogP contribution is -2.21. The summed E-state index contributed by atoms with van der Waals surface area (Å²) in [5, 5.41) is 4.89. The zero-order chi connectivity index (χ0) is 18.2. The molecular formula is C21H14N4O2. The Balaban J connectivity index is 1.52. The van der Waals surface area contributed by atoms with Gasteiger partial charge in [-0.1, -0.05) is 47.6 Å². The molecule has 3 aromatic carbocycles. The summed E-state index contributed by atoms with van der Waals surface area (Å²) in [5.74, 6) is 0.411. The zero-order valence-electron chi connectivity index (χ0n) is 14.2. The molecule has 2 heterocycles. The van der Waals surface area contributed by atoms with Gasteiger partial charge in [-0.25, -0.2) is 9.66 Å². The first-order valence-corrected chi connectivity index (χ1v) is 8.48. The largest absolute Gasteiger partial charge is 0.355 e. The van der Waals surface area contributed by atoms with Gasteiger partial charge in [0.25, 0.3) is 5.91 Å². The van der Waals surface area contributed by atoms with Crippen molar-refractivity contribution in [1.82, 2.24) is 14.8 Å². The quantitative estimate of drug-likeness (QED) is 0.526. The summed E-state index contributed by atoms with van der Waals surface area (Å²) < 4.78 is 7.12. The highest BCUT2D eigenvalue weighted by Gasteiger charge is 2.14. The van der Waals surface area contributed by atoms with Crippen LogP contribution in [0.4, 0.5) is 0 Å². The molecule has 6 heteroatoms. The van der Waals surface area contributed by atoms with E-state index in [2.05, 4.69) is 15.6 Å². The maximum Gasteiger partial charge on any atom is 0.270 e. The normalized spacial score (nSPS) is 11.1. The van der Waals surface area contributed by atoms with E-state index in [0.29, 0.717) is 16.8 Å². The second kappa shape index (κ2) is 6.10. The molecule has 0 saturated heterocycles. The van der Waals surface area contributed by atoms with Crippen molar-refractivity contribution in [2.75, 3.05) is 5.43 Å². The molecule has 6 nitrogen and oxygen atoms in total. The van der Waals surface area contributed by atoms with Crippen LogP contribution in [0.5, 0.6) is 0 Å². The van der Waals surface area contributed by atoms with Gasteiger partial charge < -0.3 is 4.52 Å². The van der Waals surface area contributed by atoms with Crippen molar-refractivity contribution in [1.29, 1.82) is 0 Å². The van der Waals surface area contributed by atoms with Gasteiger partial charge in [0.15, 0.2) is 5.76 Å². The third kappa shape index (κ3) is 2.64. The molecule has 1 amide bonds. The van der Waals surface area contributed by atoms with Gasteiger partial charge in [0.1, 0.15) is 11.8 Å². The molecule has 1 N–H and O–H groups in total. The van der Waals surface area contributed by atoms with Crippen molar-refractivity contribution >= 4 is 27.8 Å². The van der Waals surface area contributed by atoms with Crippen LogP contribution < -0.4 is 5.43 Å². The summed E-state index contributed by atoms with van der Waals surface area (Å²) in [6.45, 7) is 0. The Kier molecular flexibility index (Phi) is 3.47. The minimum absolute atomic E-state index is 0.236. The van der Waals surface area contributed by atoms with Crippen molar-refractivity contribution in [3.05, 3.63) is 84.7 Å². The molecule has 0 atom stereocenters. The standard InChI is InChI=1S/C21H14N4O2/c26-21(23-25-13-22-18-8-4-5-9-19(18)25)15-10-11-17-16(12-15)20(27-24-17)14-6-2-1-3-7-14/h1-13H,(H,23,26). The average Bonchev–Trinajstić information content (AvgIpc) is 3.32. The molecule has 27 heavy (non-hydrogen) atoms. The Bertz CT molecular complexity index is 1270. The number of fused-ring (bicyclic) bond motifs is 2. The molecule has 0 aliphatic heterocycles. The van der Waals surface area contributed by atoms with Crippen LogP contribution in [0.3, 0.4) is 0 Å². The Morgan fingerprint density at radius 2 is 1.74 bits per heavy atom. The van der Waals surface area contributed by atoms with E-state index in [1.165, 1.54) is 0 Å². The maximum absolute atomic E-state index is 12.8. The summed E-state index contributed by atoms with van der Waals surface area (Å²) in [6, 6.07) is 22.6. The molecule has 0 fully saturated rings. The third-order valence-corrected chi connectivity index (χ3v) is 4.45. The van der Waals surface area contributed by atoms with Crippen LogP contribution in [0.15, 0.2) is 83.6 Å². The molecule has 0 spiro atoms. The fourth-order valence-electron chi connectivity index (χ4n) is 3.10. The number of rotatable bonds is 3. The van der Waals surface area contributed by atoms with E-state index < -0.39 is 0 Å². The molecule has 0 aliphatic carbocycles. The lowest BCUT2D eigenvalue weighted by atomic mass is 10.1. The molecule has 5 rings (SSSR count). The van der Waals surface area contributed by atoms with E-state index in [1.54, 1.807) is 29.2 Å². The molecule has 0 bridgehead atoms. The van der Waals surface area contributed by atoms with Crippen molar-refractivity contribution < 1.29 is 9.32 Å². The Morgan fingerprint density at radius 3 is 2.63 bits per heavy atom. The van der Waals surface area contributed by atoms with Gasteiger partial charge in [-0.3, -0.25) is 10.2 Å². The van der Waals surface area contributed by atoms with Gasteiger partial charge in [-0.15, -0.1) is 0 Å². The molecule has 0 unspecified atom stereocenters. The van der Waals surface area contributed by atoms with Gasteiger partial charge in [0.05, 0.1) is 16.4 Å². The van der Waals surface area contributed by atoms with Crippen molar-refractivity contribution in [3.63, 3.8) is 0 Å². The molecule has 130 valence electrons. The number of carbonyl (C=O) groups is 1. The summed E-state index contributed by atoms with van der Waals surface area (Å²) in [6.07, 6.45) is 1.59. The number of benzene rings is 3. The maximum atomic E-state index is 12.8. The number of hydrogen-bond donors (Lipinski definition) is 1. The van der Waals surface area contributed by atoms with Crippen LogP contribution in [-0.2, 0) is 0 Å². The van der Waals surface area contributed by atoms with E-state index in [-0.39, 0.29) is 5.91 Å².